The second-order valence-electron chi connectivity index (χ2n) is 3.20. The second kappa shape index (κ2) is 5.25. The number of hydrogen-bond donors (Lipinski definition) is 1. The van der Waals surface area contributed by atoms with Crippen LogP contribution in [0.3, 0.4) is 0 Å². The molecular weight excluding hydrogens is 160 g/mol. The Bertz CT molecular complexity index is 145. The van der Waals surface area contributed by atoms with Crippen molar-refractivity contribution in [3.05, 3.63) is 12.2 Å². The molecule has 0 saturated heterocycles. The molecule has 1 aliphatic rings. The van der Waals surface area contributed by atoms with Gasteiger partial charge in [-0.05, 0) is 31.7 Å². The molecular formula is C9H15F2N. The molecule has 0 aliphatic heterocycles. The zero-order valence-corrected chi connectivity index (χ0v) is 7.10. The fourth-order valence-corrected chi connectivity index (χ4v) is 1.44. The van der Waals surface area contributed by atoms with Gasteiger partial charge in [-0.1, -0.05) is 12.2 Å². The summed E-state index contributed by atoms with van der Waals surface area (Å²) in [5.41, 5.74) is 0. The van der Waals surface area contributed by atoms with Crippen molar-refractivity contribution >= 4 is 0 Å². The van der Waals surface area contributed by atoms with Gasteiger partial charge in [-0.25, -0.2) is 8.78 Å². The van der Waals surface area contributed by atoms with Gasteiger partial charge < -0.3 is 5.32 Å². The van der Waals surface area contributed by atoms with Gasteiger partial charge in [0, 0.05) is 0 Å². The second-order valence-corrected chi connectivity index (χ2v) is 3.20. The number of hydrogen-bond acceptors (Lipinski definition) is 1. The number of rotatable bonds is 4. The van der Waals surface area contributed by atoms with Crippen LogP contribution in [0.1, 0.15) is 19.3 Å². The van der Waals surface area contributed by atoms with Crippen molar-refractivity contribution in [2.45, 2.75) is 25.7 Å². The van der Waals surface area contributed by atoms with Crippen LogP contribution >= 0.6 is 0 Å². The van der Waals surface area contributed by atoms with Crippen molar-refractivity contribution in [1.29, 1.82) is 0 Å². The summed E-state index contributed by atoms with van der Waals surface area (Å²) in [7, 11) is 0. The summed E-state index contributed by atoms with van der Waals surface area (Å²) in [6.45, 7) is 0.564. The van der Waals surface area contributed by atoms with E-state index in [2.05, 4.69) is 17.5 Å². The molecule has 0 saturated carbocycles. The first-order valence-electron chi connectivity index (χ1n) is 4.43. The topological polar surface area (TPSA) is 12.0 Å². The largest absolute Gasteiger partial charge is 0.311 e. The molecule has 0 aromatic heterocycles. The zero-order valence-electron chi connectivity index (χ0n) is 7.10. The van der Waals surface area contributed by atoms with Crippen LogP contribution in [0.15, 0.2) is 12.2 Å². The molecule has 0 radical (unpaired) electrons. The Labute approximate surface area is 71.8 Å². The standard InChI is InChI=1S/C9H15F2N/c10-9(11)7-12-6-8-4-2-1-3-5-8/h1-2,8-9,12H,3-7H2. The lowest BCUT2D eigenvalue weighted by Gasteiger charge is -2.17. The van der Waals surface area contributed by atoms with E-state index in [1.165, 1.54) is 0 Å². The van der Waals surface area contributed by atoms with Gasteiger partial charge in [0.25, 0.3) is 6.43 Å². The Morgan fingerprint density at radius 1 is 1.42 bits per heavy atom. The Balaban J connectivity index is 2.03. The third kappa shape index (κ3) is 3.81. The third-order valence-corrected chi connectivity index (χ3v) is 2.11. The van der Waals surface area contributed by atoms with E-state index in [0.29, 0.717) is 5.92 Å². The molecule has 0 heterocycles. The van der Waals surface area contributed by atoms with Crippen LogP contribution in [-0.2, 0) is 0 Å². The SMILES string of the molecule is FC(F)CNCC1CC=CCC1. The first-order valence-corrected chi connectivity index (χ1v) is 4.43. The average molecular weight is 175 g/mol. The highest BCUT2D eigenvalue weighted by molar-refractivity contribution is 4.90. The highest BCUT2D eigenvalue weighted by atomic mass is 19.3. The summed E-state index contributed by atoms with van der Waals surface area (Å²) < 4.78 is 23.4. The Morgan fingerprint density at radius 2 is 2.25 bits per heavy atom. The van der Waals surface area contributed by atoms with Crippen LogP contribution in [0, 0.1) is 5.92 Å². The first-order chi connectivity index (χ1) is 5.79. The van der Waals surface area contributed by atoms with E-state index in [9.17, 15) is 8.78 Å². The molecule has 1 nitrogen and oxygen atoms in total. The van der Waals surface area contributed by atoms with Gasteiger partial charge in [0.15, 0.2) is 0 Å². The summed E-state index contributed by atoms with van der Waals surface area (Å²) in [4.78, 5) is 0. The van der Waals surface area contributed by atoms with E-state index in [0.717, 1.165) is 25.8 Å². The first kappa shape index (κ1) is 9.65. The van der Waals surface area contributed by atoms with Gasteiger partial charge in [-0.15, -0.1) is 0 Å². The molecule has 0 aromatic carbocycles. The number of allylic oxidation sites excluding steroid dienone is 2. The maximum absolute atomic E-state index is 11.7. The Hall–Kier alpha value is -0.440. The maximum atomic E-state index is 11.7. The van der Waals surface area contributed by atoms with Crippen molar-refractivity contribution < 1.29 is 8.78 Å². The number of alkyl halides is 2. The summed E-state index contributed by atoms with van der Waals surface area (Å²) in [6, 6.07) is 0. The van der Waals surface area contributed by atoms with Gasteiger partial charge in [-0.2, -0.15) is 0 Å². The molecule has 1 unspecified atom stereocenters. The summed E-state index contributed by atoms with van der Waals surface area (Å²) in [6.07, 6.45) is 5.34. The van der Waals surface area contributed by atoms with Gasteiger partial charge in [-0.3, -0.25) is 0 Å². The van der Waals surface area contributed by atoms with Crippen molar-refractivity contribution in [2.24, 2.45) is 5.92 Å². The van der Waals surface area contributed by atoms with Crippen molar-refractivity contribution in [3.8, 4) is 0 Å². The molecule has 0 aromatic rings. The predicted octanol–water partition coefficient (Wildman–Crippen LogP) is 2.20. The summed E-state index contributed by atoms with van der Waals surface area (Å²) in [5.74, 6) is 0.564. The Morgan fingerprint density at radius 3 is 2.83 bits per heavy atom. The quantitative estimate of drug-likeness (QED) is 0.646. The molecule has 3 heteroatoms. The minimum atomic E-state index is -2.22. The lowest BCUT2D eigenvalue weighted by atomic mass is 9.94. The molecule has 1 rings (SSSR count). The number of nitrogens with one attached hydrogen (secondary N) is 1. The van der Waals surface area contributed by atoms with Crippen LogP contribution < -0.4 is 5.32 Å². The molecule has 0 bridgehead atoms. The minimum absolute atomic E-state index is 0.166. The normalized spacial score (nSPS) is 23.4. The Kier molecular flexibility index (Phi) is 4.22. The van der Waals surface area contributed by atoms with Crippen LogP contribution in [0.25, 0.3) is 0 Å². The third-order valence-electron chi connectivity index (χ3n) is 2.11. The van der Waals surface area contributed by atoms with Crippen molar-refractivity contribution in [3.63, 3.8) is 0 Å². The summed E-state index contributed by atoms with van der Waals surface area (Å²) in [5, 5.41) is 2.77. The van der Waals surface area contributed by atoms with Crippen LogP contribution in [0.4, 0.5) is 8.78 Å². The van der Waals surface area contributed by atoms with Crippen LogP contribution in [0.2, 0.25) is 0 Å². The van der Waals surface area contributed by atoms with E-state index in [1.807, 2.05) is 0 Å². The molecule has 0 spiro atoms. The smallest absolute Gasteiger partial charge is 0.250 e. The molecule has 0 amide bonds. The monoisotopic (exact) mass is 175 g/mol. The van der Waals surface area contributed by atoms with Crippen molar-refractivity contribution in [2.75, 3.05) is 13.1 Å². The fraction of sp³-hybridized carbons (Fsp3) is 0.778. The molecule has 0 fully saturated rings. The van der Waals surface area contributed by atoms with E-state index >= 15 is 0 Å². The minimum Gasteiger partial charge on any atom is -0.311 e. The lowest BCUT2D eigenvalue weighted by Crippen LogP contribution is -2.27. The molecule has 1 N–H and O–H groups in total. The van der Waals surface area contributed by atoms with E-state index in [1.54, 1.807) is 0 Å². The molecule has 12 heavy (non-hydrogen) atoms. The average Bonchev–Trinajstić information content (AvgIpc) is 2.05. The van der Waals surface area contributed by atoms with Crippen LogP contribution in [0.5, 0.6) is 0 Å². The number of halogens is 2. The summed E-state index contributed by atoms with van der Waals surface area (Å²) >= 11 is 0. The predicted molar refractivity (Wildman–Crippen MR) is 45.4 cm³/mol. The van der Waals surface area contributed by atoms with E-state index in [-0.39, 0.29) is 6.54 Å². The van der Waals surface area contributed by atoms with Gasteiger partial charge >= 0.3 is 0 Å². The highest BCUT2D eigenvalue weighted by Gasteiger charge is 2.10. The van der Waals surface area contributed by atoms with Gasteiger partial charge in [0.2, 0.25) is 0 Å². The highest BCUT2D eigenvalue weighted by Crippen LogP contribution is 2.16. The fourth-order valence-electron chi connectivity index (χ4n) is 1.44. The van der Waals surface area contributed by atoms with Crippen LogP contribution in [-0.4, -0.2) is 19.5 Å². The van der Waals surface area contributed by atoms with E-state index < -0.39 is 6.43 Å². The van der Waals surface area contributed by atoms with E-state index in [4.69, 9.17) is 0 Å². The van der Waals surface area contributed by atoms with Gasteiger partial charge in [0.05, 0.1) is 6.54 Å². The molecule has 1 atom stereocenters. The van der Waals surface area contributed by atoms with Crippen molar-refractivity contribution in [1.82, 2.24) is 5.32 Å². The maximum Gasteiger partial charge on any atom is 0.250 e. The lowest BCUT2D eigenvalue weighted by molar-refractivity contribution is 0.144. The molecule has 1 aliphatic carbocycles. The molecule has 70 valence electrons. The zero-order chi connectivity index (χ0) is 8.81. The van der Waals surface area contributed by atoms with Gasteiger partial charge in [0.1, 0.15) is 0 Å².